The highest BCUT2D eigenvalue weighted by Crippen LogP contribution is 2.18. The van der Waals surface area contributed by atoms with Crippen LogP contribution < -0.4 is 5.32 Å². The van der Waals surface area contributed by atoms with Gasteiger partial charge in [0.15, 0.2) is 0 Å². The van der Waals surface area contributed by atoms with E-state index in [2.05, 4.69) is 19.2 Å². The second-order valence-corrected chi connectivity index (χ2v) is 5.36. The number of unbranched alkanes of at least 4 members (excludes halogenated alkanes) is 7. The highest BCUT2D eigenvalue weighted by atomic mass is 16.1. The standard InChI is InChI=1S/C16H33NO/c1-4-6-8-10-12-14-15(16(18)17-3)13-11-9-7-5-2/h15H,4-14H2,1-3H3,(H,17,18). The lowest BCUT2D eigenvalue weighted by Crippen LogP contribution is -2.27. The summed E-state index contributed by atoms with van der Waals surface area (Å²) in [7, 11) is 1.76. The van der Waals surface area contributed by atoms with Crippen LogP contribution in [-0.4, -0.2) is 13.0 Å². The van der Waals surface area contributed by atoms with E-state index < -0.39 is 0 Å². The molecule has 0 aromatic rings. The van der Waals surface area contributed by atoms with Crippen molar-refractivity contribution in [3.8, 4) is 0 Å². The van der Waals surface area contributed by atoms with Crippen LogP contribution in [0.3, 0.4) is 0 Å². The highest BCUT2D eigenvalue weighted by Gasteiger charge is 2.15. The Kier molecular flexibility index (Phi) is 12.5. The summed E-state index contributed by atoms with van der Waals surface area (Å²) in [5, 5.41) is 2.82. The molecular formula is C16H33NO. The van der Waals surface area contributed by atoms with Gasteiger partial charge in [0.05, 0.1) is 0 Å². The molecule has 1 atom stereocenters. The predicted molar refractivity (Wildman–Crippen MR) is 79.7 cm³/mol. The van der Waals surface area contributed by atoms with Crippen molar-refractivity contribution < 1.29 is 4.79 Å². The van der Waals surface area contributed by atoms with E-state index >= 15 is 0 Å². The Labute approximate surface area is 114 Å². The zero-order valence-corrected chi connectivity index (χ0v) is 12.8. The maximum atomic E-state index is 11.8. The van der Waals surface area contributed by atoms with Crippen LogP contribution in [0.4, 0.5) is 0 Å². The Morgan fingerprint density at radius 1 is 0.833 bits per heavy atom. The van der Waals surface area contributed by atoms with Crippen molar-refractivity contribution in [1.29, 1.82) is 0 Å². The Balaban J connectivity index is 3.74. The zero-order chi connectivity index (χ0) is 13.6. The fourth-order valence-corrected chi connectivity index (χ4v) is 2.42. The van der Waals surface area contributed by atoms with Crippen LogP contribution in [0.5, 0.6) is 0 Å². The van der Waals surface area contributed by atoms with Gasteiger partial charge in [0.25, 0.3) is 0 Å². The lowest BCUT2D eigenvalue weighted by Gasteiger charge is -2.15. The van der Waals surface area contributed by atoms with Gasteiger partial charge in [0.2, 0.25) is 5.91 Å². The number of hydrogen-bond acceptors (Lipinski definition) is 1. The summed E-state index contributed by atoms with van der Waals surface area (Å²) in [6.45, 7) is 4.46. The van der Waals surface area contributed by atoms with Gasteiger partial charge in [-0.15, -0.1) is 0 Å². The van der Waals surface area contributed by atoms with Crippen LogP contribution in [-0.2, 0) is 4.79 Å². The molecule has 0 radical (unpaired) electrons. The van der Waals surface area contributed by atoms with Crippen LogP contribution in [0.15, 0.2) is 0 Å². The average molecular weight is 255 g/mol. The molecule has 18 heavy (non-hydrogen) atoms. The zero-order valence-electron chi connectivity index (χ0n) is 12.8. The normalized spacial score (nSPS) is 12.4. The molecule has 0 aliphatic carbocycles. The van der Waals surface area contributed by atoms with E-state index in [0.29, 0.717) is 0 Å². The number of hydrogen-bond donors (Lipinski definition) is 1. The highest BCUT2D eigenvalue weighted by molar-refractivity contribution is 5.78. The summed E-state index contributed by atoms with van der Waals surface area (Å²) in [5.41, 5.74) is 0. The Morgan fingerprint density at radius 2 is 1.28 bits per heavy atom. The van der Waals surface area contributed by atoms with Crippen LogP contribution in [0.2, 0.25) is 0 Å². The molecule has 1 N–H and O–H groups in total. The SMILES string of the molecule is CCCCCCCC(CCCCCC)C(=O)NC. The molecule has 108 valence electrons. The van der Waals surface area contributed by atoms with E-state index in [4.69, 9.17) is 0 Å². The molecule has 0 saturated heterocycles. The molecule has 1 unspecified atom stereocenters. The summed E-state index contributed by atoms with van der Waals surface area (Å²) >= 11 is 0. The van der Waals surface area contributed by atoms with E-state index in [1.807, 2.05) is 0 Å². The number of rotatable bonds is 12. The van der Waals surface area contributed by atoms with Crippen molar-refractivity contribution in [3.63, 3.8) is 0 Å². The molecule has 0 saturated carbocycles. The maximum Gasteiger partial charge on any atom is 0.222 e. The van der Waals surface area contributed by atoms with Gasteiger partial charge in [-0.1, -0.05) is 71.6 Å². The van der Waals surface area contributed by atoms with Crippen molar-refractivity contribution >= 4 is 5.91 Å². The third kappa shape index (κ3) is 9.49. The topological polar surface area (TPSA) is 29.1 Å². The van der Waals surface area contributed by atoms with Crippen molar-refractivity contribution in [1.82, 2.24) is 5.32 Å². The molecule has 0 rings (SSSR count). The van der Waals surface area contributed by atoms with Crippen molar-refractivity contribution in [2.45, 2.75) is 84.5 Å². The number of nitrogens with one attached hydrogen (secondary N) is 1. The van der Waals surface area contributed by atoms with Crippen molar-refractivity contribution in [3.05, 3.63) is 0 Å². The van der Waals surface area contributed by atoms with E-state index in [1.54, 1.807) is 7.05 Å². The number of amides is 1. The monoisotopic (exact) mass is 255 g/mol. The molecule has 0 bridgehead atoms. The fraction of sp³-hybridized carbons (Fsp3) is 0.938. The van der Waals surface area contributed by atoms with Crippen molar-refractivity contribution in [2.24, 2.45) is 5.92 Å². The van der Waals surface area contributed by atoms with E-state index in [9.17, 15) is 4.79 Å². The Morgan fingerprint density at radius 3 is 1.72 bits per heavy atom. The number of carbonyl (C=O) groups is 1. The largest absolute Gasteiger partial charge is 0.359 e. The summed E-state index contributed by atoms with van der Waals surface area (Å²) in [4.78, 5) is 11.8. The van der Waals surface area contributed by atoms with Crippen molar-refractivity contribution in [2.75, 3.05) is 7.05 Å². The van der Waals surface area contributed by atoms with Gasteiger partial charge in [-0.2, -0.15) is 0 Å². The third-order valence-corrected chi connectivity index (χ3v) is 3.68. The second kappa shape index (κ2) is 12.9. The molecule has 0 heterocycles. The van der Waals surface area contributed by atoms with Gasteiger partial charge in [-0.05, 0) is 12.8 Å². The minimum Gasteiger partial charge on any atom is -0.359 e. The lowest BCUT2D eigenvalue weighted by atomic mass is 9.93. The predicted octanol–water partition coefficient (Wildman–Crippen LogP) is 4.68. The Bertz CT molecular complexity index is 192. The number of carbonyl (C=O) groups excluding carboxylic acids is 1. The van der Waals surface area contributed by atoms with Gasteiger partial charge in [-0.3, -0.25) is 4.79 Å². The van der Waals surface area contributed by atoms with E-state index in [1.165, 1.54) is 57.8 Å². The summed E-state index contributed by atoms with van der Waals surface area (Å²) in [6, 6.07) is 0. The molecule has 0 aromatic heterocycles. The average Bonchev–Trinajstić information content (AvgIpc) is 2.40. The van der Waals surface area contributed by atoms with E-state index in [0.717, 1.165) is 12.8 Å². The fourth-order valence-electron chi connectivity index (χ4n) is 2.42. The molecule has 0 aliphatic rings. The first-order chi connectivity index (χ1) is 8.76. The smallest absolute Gasteiger partial charge is 0.222 e. The minimum atomic E-state index is 0.252. The van der Waals surface area contributed by atoms with Gasteiger partial charge in [0, 0.05) is 13.0 Å². The summed E-state index contributed by atoms with van der Waals surface area (Å²) in [5.74, 6) is 0.510. The molecule has 0 aromatic carbocycles. The molecule has 2 nitrogen and oxygen atoms in total. The first-order valence-electron chi connectivity index (χ1n) is 7.97. The molecule has 2 heteroatoms. The molecule has 0 aliphatic heterocycles. The first-order valence-corrected chi connectivity index (χ1v) is 7.97. The molecule has 1 amide bonds. The van der Waals surface area contributed by atoms with Crippen LogP contribution in [0, 0.1) is 5.92 Å². The second-order valence-electron chi connectivity index (χ2n) is 5.36. The van der Waals surface area contributed by atoms with Gasteiger partial charge >= 0.3 is 0 Å². The first kappa shape index (κ1) is 17.5. The van der Waals surface area contributed by atoms with Crippen LogP contribution in [0.1, 0.15) is 84.5 Å². The quantitative estimate of drug-likeness (QED) is 0.504. The van der Waals surface area contributed by atoms with Crippen LogP contribution >= 0.6 is 0 Å². The van der Waals surface area contributed by atoms with Gasteiger partial charge in [0.1, 0.15) is 0 Å². The van der Waals surface area contributed by atoms with Gasteiger partial charge in [-0.25, -0.2) is 0 Å². The van der Waals surface area contributed by atoms with Gasteiger partial charge < -0.3 is 5.32 Å². The molecule has 0 spiro atoms. The third-order valence-electron chi connectivity index (χ3n) is 3.68. The summed E-state index contributed by atoms with van der Waals surface area (Å²) in [6.07, 6.45) is 13.7. The molecular weight excluding hydrogens is 222 g/mol. The Hall–Kier alpha value is -0.530. The summed E-state index contributed by atoms with van der Waals surface area (Å²) < 4.78 is 0. The van der Waals surface area contributed by atoms with E-state index in [-0.39, 0.29) is 11.8 Å². The molecule has 0 fully saturated rings. The van der Waals surface area contributed by atoms with Crippen LogP contribution in [0.25, 0.3) is 0 Å². The maximum absolute atomic E-state index is 11.8. The lowest BCUT2D eigenvalue weighted by molar-refractivity contribution is -0.125. The minimum absolute atomic E-state index is 0.252.